The van der Waals surface area contributed by atoms with E-state index in [1.165, 1.54) is 0 Å². The second-order valence-corrected chi connectivity index (χ2v) is 7.28. The van der Waals surface area contributed by atoms with E-state index in [1.807, 2.05) is 12.1 Å². The van der Waals surface area contributed by atoms with Crippen LogP contribution in [0.5, 0.6) is 0 Å². The van der Waals surface area contributed by atoms with Gasteiger partial charge in [0.1, 0.15) is 11.5 Å². The van der Waals surface area contributed by atoms with Crippen LogP contribution in [-0.4, -0.2) is 10.1 Å². The number of hydrogen-bond acceptors (Lipinski definition) is 4. The minimum Gasteiger partial charge on any atom is -0.467 e. The zero-order valence-corrected chi connectivity index (χ0v) is 14.8. The van der Waals surface area contributed by atoms with Crippen molar-refractivity contribution in [2.75, 3.05) is 0 Å². The fourth-order valence-electron chi connectivity index (χ4n) is 2.27. The molecule has 130 valence electrons. The molecule has 0 unspecified atom stereocenters. The van der Waals surface area contributed by atoms with Gasteiger partial charge in [0, 0.05) is 21.6 Å². The third kappa shape index (κ3) is 5.08. The summed E-state index contributed by atoms with van der Waals surface area (Å²) in [7, 11) is -1.16. The molecule has 3 aromatic rings. The molecular weight excluding hydrogens is 362 g/mol. The van der Waals surface area contributed by atoms with E-state index in [0.717, 1.165) is 5.56 Å². The summed E-state index contributed by atoms with van der Waals surface area (Å²) in [5.74, 6) is 1.61. The third-order valence-electron chi connectivity index (χ3n) is 3.41. The minimum atomic E-state index is -1.16. The van der Waals surface area contributed by atoms with Crippen molar-refractivity contribution in [2.45, 2.75) is 18.1 Å². The molecule has 0 radical (unpaired) electrons. The van der Waals surface area contributed by atoms with Crippen molar-refractivity contribution in [1.29, 1.82) is 0 Å². The van der Waals surface area contributed by atoms with Crippen molar-refractivity contribution < 1.29 is 17.8 Å². The molecule has 0 bridgehead atoms. The Morgan fingerprint density at radius 1 is 1.08 bits per heavy atom. The third-order valence-corrected chi connectivity index (χ3v) is 4.91. The Morgan fingerprint density at radius 2 is 1.96 bits per heavy atom. The lowest BCUT2D eigenvalue weighted by Gasteiger charge is -2.02. The average molecular weight is 378 g/mol. The lowest BCUT2D eigenvalue weighted by Crippen LogP contribution is -2.21. The highest BCUT2D eigenvalue weighted by atomic mass is 35.5. The molecule has 3 rings (SSSR count). The van der Waals surface area contributed by atoms with Gasteiger partial charge in [-0.15, -0.1) is 0 Å². The first-order valence-electron chi connectivity index (χ1n) is 7.59. The highest BCUT2D eigenvalue weighted by Crippen LogP contribution is 2.15. The smallest absolute Gasteiger partial charge is 0.287 e. The van der Waals surface area contributed by atoms with E-state index in [9.17, 15) is 9.00 Å². The van der Waals surface area contributed by atoms with Gasteiger partial charge in [-0.25, -0.2) is 0 Å². The maximum atomic E-state index is 12.2. The van der Waals surface area contributed by atoms with Gasteiger partial charge < -0.3 is 14.2 Å². The van der Waals surface area contributed by atoms with Gasteiger partial charge in [0.25, 0.3) is 5.91 Å². The van der Waals surface area contributed by atoms with Crippen LogP contribution in [0.1, 0.15) is 27.6 Å². The van der Waals surface area contributed by atoms with Gasteiger partial charge in [-0.05, 0) is 42.0 Å². The quantitative estimate of drug-likeness (QED) is 0.677. The molecule has 2 aromatic heterocycles. The second-order valence-electron chi connectivity index (χ2n) is 5.39. The van der Waals surface area contributed by atoms with Gasteiger partial charge in [-0.3, -0.25) is 9.00 Å². The van der Waals surface area contributed by atoms with E-state index in [2.05, 4.69) is 5.32 Å². The van der Waals surface area contributed by atoms with E-state index in [1.54, 1.807) is 42.7 Å². The van der Waals surface area contributed by atoms with Crippen LogP contribution in [0.3, 0.4) is 0 Å². The van der Waals surface area contributed by atoms with Crippen LogP contribution in [0.25, 0.3) is 0 Å². The number of benzene rings is 1. The molecule has 2 heterocycles. The summed E-state index contributed by atoms with van der Waals surface area (Å²) < 4.78 is 22.9. The Morgan fingerprint density at radius 3 is 2.72 bits per heavy atom. The van der Waals surface area contributed by atoms with Gasteiger partial charge in [-0.2, -0.15) is 0 Å². The summed E-state index contributed by atoms with van der Waals surface area (Å²) >= 11 is 5.92. The molecule has 0 saturated heterocycles. The molecule has 0 aliphatic heterocycles. The number of halogens is 1. The maximum Gasteiger partial charge on any atom is 0.287 e. The first-order valence-corrected chi connectivity index (χ1v) is 9.45. The predicted octanol–water partition coefficient (Wildman–Crippen LogP) is 3.90. The number of amides is 1. The molecule has 0 aliphatic rings. The summed E-state index contributed by atoms with van der Waals surface area (Å²) in [6, 6.07) is 14.0. The van der Waals surface area contributed by atoms with E-state index in [0.29, 0.717) is 22.3 Å². The fraction of sp³-hybridized carbons (Fsp3) is 0.167. The molecule has 0 aliphatic carbocycles. The van der Waals surface area contributed by atoms with Gasteiger partial charge in [0.05, 0.1) is 18.6 Å². The van der Waals surface area contributed by atoms with Crippen LogP contribution >= 0.6 is 11.6 Å². The first-order chi connectivity index (χ1) is 12.1. The van der Waals surface area contributed by atoms with Crippen molar-refractivity contribution in [2.24, 2.45) is 0 Å². The Balaban J connectivity index is 1.53. The van der Waals surface area contributed by atoms with Crippen LogP contribution < -0.4 is 5.32 Å². The zero-order valence-electron chi connectivity index (χ0n) is 13.2. The summed E-state index contributed by atoms with van der Waals surface area (Å²) in [6.45, 7) is 0.280. The van der Waals surface area contributed by atoms with Gasteiger partial charge in [0.15, 0.2) is 5.76 Å². The lowest BCUT2D eigenvalue weighted by molar-refractivity contribution is 0.0919. The normalized spacial score (nSPS) is 12.0. The van der Waals surface area contributed by atoms with E-state index < -0.39 is 10.8 Å². The molecule has 0 spiro atoms. The van der Waals surface area contributed by atoms with E-state index >= 15 is 0 Å². The lowest BCUT2D eigenvalue weighted by atomic mass is 10.2. The first kappa shape index (κ1) is 17.5. The summed E-state index contributed by atoms with van der Waals surface area (Å²) in [5, 5.41) is 3.31. The van der Waals surface area contributed by atoms with E-state index in [4.69, 9.17) is 20.4 Å². The molecule has 0 fully saturated rings. The van der Waals surface area contributed by atoms with Crippen LogP contribution in [0.15, 0.2) is 63.6 Å². The average Bonchev–Trinajstić information content (AvgIpc) is 3.24. The maximum absolute atomic E-state index is 12.2. The summed E-state index contributed by atoms with van der Waals surface area (Å²) in [5.41, 5.74) is 0.897. The highest BCUT2D eigenvalue weighted by molar-refractivity contribution is 7.83. The Hall–Kier alpha value is -2.31. The number of carbonyl (C=O) groups excluding carboxylic acids is 1. The van der Waals surface area contributed by atoms with Gasteiger partial charge in [-0.1, -0.05) is 23.7 Å². The molecule has 1 aromatic carbocycles. The molecule has 1 atom stereocenters. The van der Waals surface area contributed by atoms with Crippen molar-refractivity contribution >= 4 is 28.3 Å². The van der Waals surface area contributed by atoms with Crippen LogP contribution in [0.2, 0.25) is 5.02 Å². The fourth-order valence-corrected chi connectivity index (χ4v) is 3.61. The van der Waals surface area contributed by atoms with Crippen molar-refractivity contribution in [3.63, 3.8) is 0 Å². The highest BCUT2D eigenvalue weighted by Gasteiger charge is 2.13. The number of furan rings is 2. The molecule has 25 heavy (non-hydrogen) atoms. The van der Waals surface area contributed by atoms with Gasteiger partial charge in [0.2, 0.25) is 0 Å². The Labute approximate surface area is 152 Å². The predicted molar refractivity (Wildman–Crippen MR) is 95.6 cm³/mol. The molecule has 1 amide bonds. The Bertz CT molecular complexity index is 873. The number of rotatable bonds is 7. The molecule has 1 N–H and O–H groups in total. The van der Waals surface area contributed by atoms with Crippen molar-refractivity contribution in [3.8, 4) is 0 Å². The zero-order chi connectivity index (χ0) is 17.6. The monoisotopic (exact) mass is 377 g/mol. The number of carbonyl (C=O) groups is 1. The van der Waals surface area contributed by atoms with Crippen molar-refractivity contribution in [3.05, 3.63) is 82.7 Å². The van der Waals surface area contributed by atoms with Gasteiger partial charge >= 0.3 is 0 Å². The Kier molecular flexibility index (Phi) is 5.73. The molecule has 7 heteroatoms. The molecule has 5 nitrogen and oxygen atoms in total. The van der Waals surface area contributed by atoms with Crippen molar-refractivity contribution in [1.82, 2.24) is 5.32 Å². The molecular formula is C18H16ClNO4S. The molecule has 0 saturated carbocycles. The van der Waals surface area contributed by atoms with Crippen LogP contribution in [0, 0.1) is 0 Å². The van der Waals surface area contributed by atoms with Crippen LogP contribution in [0.4, 0.5) is 0 Å². The standard InChI is InChI=1S/C18H16ClNO4S/c19-14-4-1-3-13(9-14)11-25(22)12-16-6-7-17(24-16)18(21)20-10-15-5-2-8-23-15/h1-9H,10-12H2,(H,20,21)/t25-/m1/s1. The second kappa shape index (κ2) is 8.18. The SMILES string of the molecule is O=C(NCc1ccco1)c1ccc(C[S@](=O)Cc2cccc(Cl)c2)o1. The number of hydrogen-bond donors (Lipinski definition) is 1. The summed E-state index contributed by atoms with van der Waals surface area (Å²) in [6.07, 6.45) is 1.54. The van der Waals surface area contributed by atoms with E-state index in [-0.39, 0.29) is 24.0 Å². The topological polar surface area (TPSA) is 72.5 Å². The summed E-state index contributed by atoms with van der Waals surface area (Å²) in [4.78, 5) is 12.0. The largest absolute Gasteiger partial charge is 0.467 e. The minimum absolute atomic E-state index is 0.182. The number of nitrogens with one attached hydrogen (secondary N) is 1. The van der Waals surface area contributed by atoms with Crippen LogP contribution in [-0.2, 0) is 28.9 Å².